The lowest BCUT2D eigenvalue weighted by molar-refractivity contribution is -0.151. The van der Waals surface area contributed by atoms with E-state index in [4.69, 9.17) is 14.2 Å². The minimum atomic E-state index is -0.910. The Morgan fingerprint density at radius 1 is 1.00 bits per heavy atom. The molecule has 1 aromatic rings. The third kappa shape index (κ3) is 3.00. The van der Waals surface area contributed by atoms with Crippen LogP contribution in [0.25, 0.3) is 0 Å². The largest absolute Gasteiger partial charge is 0.481 e. The summed E-state index contributed by atoms with van der Waals surface area (Å²) in [7, 11) is 0. The number of ether oxygens (including phenoxy) is 3. The molecule has 0 unspecified atom stereocenters. The van der Waals surface area contributed by atoms with Crippen LogP contribution in [-0.4, -0.2) is 72.0 Å². The molecule has 1 N–H and O–H groups in total. The van der Waals surface area contributed by atoms with Gasteiger partial charge >= 0.3 is 5.97 Å². The summed E-state index contributed by atoms with van der Waals surface area (Å²) in [6.45, 7) is 3.81. The normalized spacial score (nSPS) is 31.4. The van der Waals surface area contributed by atoms with Gasteiger partial charge in [-0.3, -0.25) is 14.5 Å². The van der Waals surface area contributed by atoms with Crippen LogP contribution in [0, 0.1) is 11.8 Å². The zero-order valence-corrected chi connectivity index (χ0v) is 15.6. The Labute approximate surface area is 162 Å². The number of hydrogen-bond acceptors (Lipinski definition) is 6. The molecular formula is C20H24N2O6. The fourth-order valence-corrected chi connectivity index (χ4v) is 4.94. The topological polar surface area (TPSA) is 88.5 Å². The van der Waals surface area contributed by atoms with Gasteiger partial charge in [-0.2, -0.15) is 0 Å². The number of carbonyl (C=O) groups excluding carboxylic acids is 1. The van der Waals surface area contributed by atoms with Crippen LogP contribution in [0.4, 0.5) is 0 Å². The van der Waals surface area contributed by atoms with Crippen molar-refractivity contribution in [3.8, 4) is 11.5 Å². The lowest BCUT2D eigenvalue weighted by Crippen LogP contribution is -2.53. The highest BCUT2D eigenvalue weighted by Gasteiger charge is 2.56. The smallest absolute Gasteiger partial charge is 0.310 e. The number of carboxylic acid groups (broad SMARTS) is 1. The summed E-state index contributed by atoms with van der Waals surface area (Å²) in [6, 6.07) is 5.97. The second-order valence-corrected chi connectivity index (χ2v) is 7.97. The lowest BCUT2D eigenvalue weighted by Gasteiger charge is -2.37. The van der Waals surface area contributed by atoms with Crippen LogP contribution in [0.2, 0.25) is 0 Å². The van der Waals surface area contributed by atoms with E-state index < -0.39 is 17.8 Å². The quantitative estimate of drug-likeness (QED) is 0.821. The number of nitrogens with zero attached hydrogens (tertiary/aromatic N) is 2. The van der Waals surface area contributed by atoms with Crippen LogP contribution in [0.1, 0.15) is 18.4 Å². The number of hydrogen-bond donors (Lipinski definition) is 1. The molecule has 4 atom stereocenters. The van der Waals surface area contributed by atoms with E-state index in [0.717, 1.165) is 49.5 Å². The van der Waals surface area contributed by atoms with Crippen LogP contribution in [0.3, 0.4) is 0 Å². The Morgan fingerprint density at radius 2 is 1.71 bits per heavy atom. The predicted octanol–water partition coefficient (Wildman–Crippen LogP) is 0.938. The van der Waals surface area contributed by atoms with Gasteiger partial charge in [-0.25, -0.2) is 0 Å². The van der Waals surface area contributed by atoms with Gasteiger partial charge in [-0.15, -0.1) is 0 Å². The van der Waals surface area contributed by atoms with E-state index in [1.165, 1.54) is 0 Å². The van der Waals surface area contributed by atoms with Gasteiger partial charge in [0, 0.05) is 32.7 Å². The SMILES string of the molecule is O=C(O)[C@@H]1[C@H](C(=O)N2CCN(Cc3ccc4c(c3)OCO4)CC2)[C@H]2CC[C@H]1O2. The molecule has 2 bridgehead atoms. The van der Waals surface area contributed by atoms with E-state index in [9.17, 15) is 14.7 Å². The molecule has 28 heavy (non-hydrogen) atoms. The highest BCUT2D eigenvalue weighted by Crippen LogP contribution is 2.44. The van der Waals surface area contributed by atoms with Crippen molar-refractivity contribution in [3.05, 3.63) is 23.8 Å². The number of amides is 1. The van der Waals surface area contributed by atoms with Crippen molar-refractivity contribution in [2.45, 2.75) is 31.6 Å². The van der Waals surface area contributed by atoms with Crippen LogP contribution in [-0.2, 0) is 20.9 Å². The zero-order valence-electron chi connectivity index (χ0n) is 15.6. The van der Waals surface area contributed by atoms with Gasteiger partial charge < -0.3 is 24.2 Å². The minimum absolute atomic E-state index is 0.0534. The monoisotopic (exact) mass is 388 g/mol. The third-order valence-corrected chi connectivity index (χ3v) is 6.37. The maximum absolute atomic E-state index is 13.0. The average molecular weight is 388 g/mol. The van der Waals surface area contributed by atoms with Crippen molar-refractivity contribution in [2.75, 3.05) is 33.0 Å². The predicted molar refractivity (Wildman–Crippen MR) is 96.9 cm³/mol. The second kappa shape index (κ2) is 6.93. The summed E-state index contributed by atoms with van der Waals surface area (Å²) < 4.78 is 16.5. The van der Waals surface area contributed by atoms with Crippen LogP contribution in [0.5, 0.6) is 11.5 Å². The van der Waals surface area contributed by atoms with Gasteiger partial charge in [0.05, 0.1) is 24.0 Å². The van der Waals surface area contributed by atoms with Crippen LogP contribution in [0.15, 0.2) is 18.2 Å². The second-order valence-electron chi connectivity index (χ2n) is 7.97. The zero-order chi connectivity index (χ0) is 19.3. The number of carboxylic acids is 1. The molecule has 1 aromatic carbocycles. The first-order valence-corrected chi connectivity index (χ1v) is 9.88. The van der Waals surface area contributed by atoms with Gasteiger partial charge in [-0.1, -0.05) is 6.07 Å². The first kappa shape index (κ1) is 17.8. The Balaban J connectivity index is 1.19. The van der Waals surface area contributed by atoms with Crippen molar-refractivity contribution in [2.24, 2.45) is 11.8 Å². The maximum atomic E-state index is 13.0. The van der Waals surface area contributed by atoms with Gasteiger partial charge in [0.25, 0.3) is 0 Å². The average Bonchev–Trinajstić information content (AvgIpc) is 3.43. The third-order valence-electron chi connectivity index (χ3n) is 6.37. The summed E-state index contributed by atoms with van der Waals surface area (Å²) in [5.41, 5.74) is 1.15. The molecule has 0 radical (unpaired) electrons. The number of aliphatic carboxylic acids is 1. The van der Waals surface area contributed by atoms with Crippen molar-refractivity contribution in [3.63, 3.8) is 0 Å². The van der Waals surface area contributed by atoms with Gasteiger partial charge in [0.1, 0.15) is 0 Å². The molecule has 0 saturated carbocycles. The van der Waals surface area contributed by atoms with E-state index in [1.54, 1.807) is 0 Å². The van der Waals surface area contributed by atoms with Crippen molar-refractivity contribution >= 4 is 11.9 Å². The van der Waals surface area contributed by atoms with E-state index in [2.05, 4.69) is 4.90 Å². The molecule has 8 heteroatoms. The Morgan fingerprint density at radius 3 is 2.46 bits per heavy atom. The fraction of sp³-hybridized carbons (Fsp3) is 0.600. The summed E-state index contributed by atoms with van der Waals surface area (Å²) in [5, 5.41) is 9.55. The fourth-order valence-electron chi connectivity index (χ4n) is 4.94. The highest BCUT2D eigenvalue weighted by molar-refractivity contribution is 5.86. The minimum Gasteiger partial charge on any atom is -0.481 e. The highest BCUT2D eigenvalue weighted by atomic mass is 16.7. The van der Waals surface area contributed by atoms with E-state index in [0.29, 0.717) is 13.1 Å². The molecule has 4 aliphatic heterocycles. The number of rotatable bonds is 4. The van der Waals surface area contributed by atoms with Crippen LogP contribution >= 0.6 is 0 Å². The van der Waals surface area contributed by atoms with E-state index in [1.807, 2.05) is 23.1 Å². The summed E-state index contributed by atoms with van der Waals surface area (Å²) in [6.07, 6.45) is 0.998. The van der Waals surface area contributed by atoms with Crippen molar-refractivity contribution in [1.29, 1.82) is 0 Å². The molecule has 4 aliphatic rings. The van der Waals surface area contributed by atoms with Gasteiger partial charge in [-0.05, 0) is 30.5 Å². The Bertz CT molecular complexity index is 791. The molecule has 8 nitrogen and oxygen atoms in total. The van der Waals surface area contributed by atoms with Gasteiger partial charge in [0.15, 0.2) is 11.5 Å². The number of piperazine rings is 1. The lowest BCUT2D eigenvalue weighted by atomic mass is 9.78. The summed E-state index contributed by atoms with van der Waals surface area (Å²) in [4.78, 5) is 28.8. The maximum Gasteiger partial charge on any atom is 0.310 e. The Kier molecular flexibility index (Phi) is 4.40. The molecule has 3 fully saturated rings. The van der Waals surface area contributed by atoms with Crippen LogP contribution < -0.4 is 9.47 Å². The summed E-state index contributed by atoms with van der Waals surface area (Å²) >= 11 is 0. The van der Waals surface area contributed by atoms with E-state index >= 15 is 0 Å². The number of fused-ring (bicyclic) bond motifs is 3. The van der Waals surface area contributed by atoms with E-state index in [-0.39, 0.29) is 24.9 Å². The molecular weight excluding hydrogens is 364 g/mol. The molecule has 0 spiro atoms. The number of carbonyl (C=O) groups is 2. The molecule has 1 amide bonds. The molecule has 150 valence electrons. The number of benzene rings is 1. The Hall–Kier alpha value is -2.32. The molecule has 0 aliphatic carbocycles. The summed E-state index contributed by atoms with van der Waals surface area (Å²) in [5.74, 6) is -0.633. The molecule has 5 rings (SSSR count). The first-order valence-electron chi connectivity index (χ1n) is 9.88. The molecule has 0 aromatic heterocycles. The van der Waals surface area contributed by atoms with Crippen molar-refractivity contribution in [1.82, 2.24) is 9.80 Å². The standard InChI is InChI=1S/C20H24N2O6/c23-19(17-14-3-4-15(28-14)18(17)20(24)25)22-7-5-21(6-8-22)10-12-1-2-13-16(9-12)27-11-26-13/h1-2,9,14-15,17-18H,3-8,10-11H2,(H,24,25)/t14-,15-,17-,18+/m1/s1. The first-order chi connectivity index (χ1) is 13.6. The van der Waals surface area contributed by atoms with Gasteiger partial charge in [0.2, 0.25) is 12.7 Å². The molecule has 4 heterocycles. The molecule has 3 saturated heterocycles. The van der Waals surface area contributed by atoms with Crippen molar-refractivity contribution < 1.29 is 28.9 Å².